The number of benzene rings is 1. The molecule has 5 heteroatoms. The van der Waals surface area contributed by atoms with Crippen LogP contribution in [0.3, 0.4) is 0 Å². The van der Waals surface area contributed by atoms with Gasteiger partial charge >= 0.3 is 0 Å². The highest BCUT2D eigenvalue weighted by Gasteiger charge is 2.15. The first kappa shape index (κ1) is 10.1. The number of aldehydes is 1. The predicted octanol–water partition coefficient (Wildman–Crippen LogP) is 2.17. The van der Waals surface area contributed by atoms with Crippen molar-refractivity contribution in [2.75, 3.05) is 0 Å². The first-order valence-electron chi connectivity index (χ1n) is 3.37. The lowest BCUT2D eigenvalue weighted by Gasteiger charge is -2.04. The standard InChI is InChI=1S/C8H5BrF2O2/c9-6-7(11)5(10)3-4(1-2-12)8(6)13/h2-3,13H,1H2. The molecule has 0 aromatic heterocycles. The van der Waals surface area contributed by atoms with Gasteiger partial charge in [-0.25, -0.2) is 8.78 Å². The molecule has 0 saturated heterocycles. The highest BCUT2D eigenvalue weighted by atomic mass is 79.9. The van der Waals surface area contributed by atoms with Gasteiger partial charge in [0.2, 0.25) is 0 Å². The molecule has 1 rings (SSSR count). The van der Waals surface area contributed by atoms with Gasteiger partial charge in [0.25, 0.3) is 0 Å². The minimum Gasteiger partial charge on any atom is -0.506 e. The zero-order chi connectivity index (χ0) is 10.0. The van der Waals surface area contributed by atoms with Gasteiger partial charge in [0, 0.05) is 12.0 Å². The van der Waals surface area contributed by atoms with Gasteiger partial charge in [-0.05, 0) is 22.0 Å². The molecule has 1 N–H and O–H groups in total. The molecule has 0 aliphatic rings. The smallest absolute Gasteiger partial charge is 0.176 e. The van der Waals surface area contributed by atoms with E-state index in [0.717, 1.165) is 6.07 Å². The van der Waals surface area contributed by atoms with Crippen LogP contribution in [0.25, 0.3) is 0 Å². The summed E-state index contributed by atoms with van der Waals surface area (Å²) >= 11 is 2.67. The molecule has 0 heterocycles. The number of phenols is 1. The largest absolute Gasteiger partial charge is 0.506 e. The minimum atomic E-state index is -1.16. The molecule has 0 fully saturated rings. The predicted molar refractivity (Wildman–Crippen MR) is 45.5 cm³/mol. The molecule has 0 saturated carbocycles. The number of carbonyl (C=O) groups excluding carboxylic acids is 1. The summed E-state index contributed by atoms with van der Waals surface area (Å²) in [6.45, 7) is 0. The van der Waals surface area contributed by atoms with Gasteiger partial charge in [-0.3, -0.25) is 0 Å². The van der Waals surface area contributed by atoms with E-state index in [1.54, 1.807) is 0 Å². The third-order valence-corrected chi connectivity index (χ3v) is 2.24. The molecule has 2 nitrogen and oxygen atoms in total. The fraction of sp³-hybridized carbons (Fsp3) is 0.125. The van der Waals surface area contributed by atoms with Crippen molar-refractivity contribution in [2.24, 2.45) is 0 Å². The molecule has 1 aromatic carbocycles. The van der Waals surface area contributed by atoms with E-state index in [9.17, 15) is 18.7 Å². The molecule has 0 radical (unpaired) electrons. The van der Waals surface area contributed by atoms with E-state index in [1.165, 1.54) is 0 Å². The van der Waals surface area contributed by atoms with Crippen molar-refractivity contribution in [3.63, 3.8) is 0 Å². The molecule has 0 aliphatic carbocycles. The van der Waals surface area contributed by atoms with Crippen LogP contribution in [0.1, 0.15) is 5.56 Å². The van der Waals surface area contributed by atoms with Crippen molar-refractivity contribution in [1.29, 1.82) is 0 Å². The Bertz CT molecular complexity index is 352. The van der Waals surface area contributed by atoms with Gasteiger partial charge in [-0.15, -0.1) is 0 Å². The fourth-order valence-corrected chi connectivity index (χ4v) is 1.32. The summed E-state index contributed by atoms with van der Waals surface area (Å²) in [5.74, 6) is -2.69. The van der Waals surface area contributed by atoms with Gasteiger partial charge in [0.05, 0.1) is 4.47 Å². The van der Waals surface area contributed by atoms with Crippen LogP contribution in [0.2, 0.25) is 0 Å². The van der Waals surface area contributed by atoms with Crippen molar-refractivity contribution in [3.05, 3.63) is 27.7 Å². The molecule has 70 valence electrons. The molecule has 0 spiro atoms. The van der Waals surface area contributed by atoms with Crippen molar-refractivity contribution in [3.8, 4) is 5.75 Å². The second-order valence-electron chi connectivity index (χ2n) is 2.36. The maximum atomic E-state index is 12.7. The number of hydrogen-bond donors (Lipinski definition) is 1. The van der Waals surface area contributed by atoms with E-state index in [1.807, 2.05) is 0 Å². The first-order valence-corrected chi connectivity index (χ1v) is 4.16. The van der Waals surface area contributed by atoms with Crippen LogP contribution in [0.4, 0.5) is 8.78 Å². The average Bonchev–Trinajstić information content (AvgIpc) is 2.11. The first-order chi connectivity index (χ1) is 6.07. The number of phenolic OH excluding ortho intramolecular Hbond substituents is 1. The van der Waals surface area contributed by atoms with E-state index in [4.69, 9.17) is 0 Å². The summed E-state index contributed by atoms with van der Waals surface area (Å²) in [4.78, 5) is 10.1. The summed E-state index contributed by atoms with van der Waals surface area (Å²) in [5.41, 5.74) is 0.0563. The third-order valence-electron chi connectivity index (χ3n) is 1.52. The summed E-state index contributed by atoms with van der Waals surface area (Å²) in [6, 6.07) is 0.795. The van der Waals surface area contributed by atoms with Crippen molar-refractivity contribution in [1.82, 2.24) is 0 Å². The molecule has 13 heavy (non-hydrogen) atoms. The quantitative estimate of drug-likeness (QED) is 0.646. The Morgan fingerprint density at radius 2 is 2.15 bits per heavy atom. The third kappa shape index (κ3) is 1.85. The molecule has 0 amide bonds. The van der Waals surface area contributed by atoms with Crippen molar-refractivity contribution in [2.45, 2.75) is 6.42 Å². The van der Waals surface area contributed by atoms with E-state index in [-0.39, 0.29) is 16.5 Å². The highest BCUT2D eigenvalue weighted by Crippen LogP contribution is 2.32. The highest BCUT2D eigenvalue weighted by molar-refractivity contribution is 9.10. The van der Waals surface area contributed by atoms with Crippen LogP contribution in [0.5, 0.6) is 5.75 Å². The monoisotopic (exact) mass is 250 g/mol. The van der Waals surface area contributed by atoms with E-state index < -0.39 is 17.4 Å². The number of halogens is 3. The number of aromatic hydroxyl groups is 1. The Morgan fingerprint density at radius 3 is 2.69 bits per heavy atom. The molecule has 0 atom stereocenters. The lowest BCUT2D eigenvalue weighted by Crippen LogP contribution is -1.94. The van der Waals surface area contributed by atoms with Crippen LogP contribution in [0.15, 0.2) is 10.5 Å². The maximum Gasteiger partial charge on any atom is 0.176 e. The Labute approximate surface area is 81.3 Å². The molecule has 0 bridgehead atoms. The lowest BCUT2D eigenvalue weighted by atomic mass is 10.1. The Balaban J connectivity index is 3.31. The van der Waals surface area contributed by atoms with Crippen LogP contribution in [-0.2, 0) is 11.2 Å². The normalized spacial score (nSPS) is 10.1. The van der Waals surface area contributed by atoms with Gasteiger partial charge in [0.15, 0.2) is 11.6 Å². The molecular formula is C8H5BrF2O2. The molecule has 1 aromatic rings. The van der Waals surface area contributed by atoms with Gasteiger partial charge in [0.1, 0.15) is 12.0 Å². The molecule has 0 unspecified atom stereocenters. The Morgan fingerprint density at radius 1 is 1.54 bits per heavy atom. The Hall–Kier alpha value is -0.970. The van der Waals surface area contributed by atoms with Crippen LogP contribution in [0, 0.1) is 11.6 Å². The second kappa shape index (κ2) is 3.83. The van der Waals surface area contributed by atoms with Crippen molar-refractivity contribution < 1.29 is 18.7 Å². The van der Waals surface area contributed by atoms with Crippen LogP contribution >= 0.6 is 15.9 Å². The minimum absolute atomic E-state index is 0.0563. The fourth-order valence-electron chi connectivity index (χ4n) is 0.880. The summed E-state index contributed by atoms with van der Waals surface area (Å²) in [6.07, 6.45) is 0.348. The van der Waals surface area contributed by atoms with Crippen LogP contribution < -0.4 is 0 Å². The van der Waals surface area contributed by atoms with E-state index in [0.29, 0.717) is 6.29 Å². The molecular weight excluding hydrogens is 246 g/mol. The molecule has 0 aliphatic heterocycles. The van der Waals surface area contributed by atoms with Gasteiger partial charge < -0.3 is 9.90 Å². The topological polar surface area (TPSA) is 37.3 Å². The number of rotatable bonds is 2. The average molecular weight is 251 g/mol. The number of carbonyl (C=O) groups is 1. The van der Waals surface area contributed by atoms with Gasteiger partial charge in [-0.1, -0.05) is 0 Å². The Kier molecular flexibility index (Phi) is 2.98. The lowest BCUT2D eigenvalue weighted by molar-refractivity contribution is -0.107. The maximum absolute atomic E-state index is 12.7. The van der Waals surface area contributed by atoms with Gasteiger partial charge in [-0.2, -0.15) is 0 Å². The zero-order valence-corrected chi connectivity index (χ0v) is 7.94. The summed E-state index contributed by atoms with van der Waals surface area (Å²) < 4.78 is 25.1. The summed E-state index contributed by atoms with van der Waals surface area (Å²) in [5, 5.41) is 9.22. The second-order valence-corrected chi connectivity index (χ2v) is 3.16. The van der Waals surface area contributed by atoms with E-state index in [2.05, 4.69) is 15.9 Å². The zero-order valence-electron chi connectivity index (χ0n) is 6.35. The van der Waals surface area contributed by atoms with Crippen LogP contribution in [-0.4, -0.2) is 11.4 Å². The number of hydrogen-bond acceptors (Lipinski definition) is 2. The summed E-state index contributed by atoms with van der Waals surface area (Å²) in [7, 11) is 0. The SMILES string of the molecule is O=CCc1cc(F)c(F)c(Br)c1O. The van der Waals surface area contributed by atoms with E-state index >= 15 is 0 Å². The van der Waals surface area contributed by atoms with Crippen molar-refractivity contribution >= 4 is 22.2 Å².